The van der Waals surface area contributed by atoms with Crippen molar-refractivity contribution in [3.63, 3.8) is 0 Å². The Balaban J connectivity index is 2.41. The molecular weight excluding hydrogens is 174 g/mol. The van der Waals surface area contributed by atoms with Crippen LogP contribution in [0.4, 0.5) is 0 Å². The summed E-state index contributed by atoms with van der Waals surface area (Å²) in [6.45, 7) is 0.329. The number of hydrogen-bond acceptors (Lipinski definition) is 3. The SMILES string of the molecule is CN(CC(=O)O)C(=O)[C@@H]1CCCO1. The minimum Gasteiger partial charge on any atom is -0.480 e. The molecule has 1 fully saturated rings. The van der Waals surface area contributed by atoms with Crippen molar-refractivity contribution in [2.45, 2.75) is 18.9 Å². The normalized spacial score (nSPS) is 21.5. The number of hydrogen-bond donors (Lipinski definition) is 1. The van der Waals surface area contributed by atoms with E-state index in [1.807, 2.05) is 0 Å². The van der Waals surface area contributed by atoms with Gasteiger partial charge in [0.2, 0.25) is 0 Å². The number of carbonyl (C=O) groups is 2. The Labute approximate surface area is 76.3 Å². The Hall–Kier alpha value is -1.10. The van der Waals surface area contributed by atoms with Crippen LogP contribution in [0.1, 0.15) is 12.8 Å². The third-order valence-electron chi connectivity index (χ3n) is 1.95. The molecule has 1 heterocycles. The van der Waals surface area contributed by atoms with Gasteiger partial charge < -0.3 is 14.7 Å². The maximum absolute atomic E-state index is 11.4. The molecule has 0 saturated carbocycles. The van der Waals surface area contributed by atoms with Crippen molar-refractivity contribution in [2.75, 3.05) is 20.2 Å². The molecule has 5 nitrogen and oxygen atoms in total. The molecule has 5 heteroatoms. The van der Waals surface area contributed by atoms with Gasteiger partial charge in [-0.2, -0.15) is 0 Å². The Morgan fingerprint density at radius 1 is 1.62 bits per heavy atom. The highest BCUT2D eigenvalue weighted by atomic mass is 16.5. The molecule has 1 aliphatic heterocycles. The highest BCUT2D eigenvalue weighted by Gasteiger charge is 2.26. The molecule has 1 N–H and O–H groups in total. The van der Waals surface area contributed by atoms with Gasteiger partial charge in [-0.05, 0) is 12.8 Å². The average Bonchev–Trinajstić information content (AvgIpc) is 2.53. The molecule has 1 saturated heterocycles. The third kappa shape index (κ3) is 2.69. The molecule has 0 bridgehead atoms. The molecular formula is C8H13NO4. The zero-order valence-corrected chi connectivity index (χ0v) is 7.52. The van der Waals surface area contributed by atoms with Crippen molar-refractivity contribution in [3.8, 4) is 0 Å². The first kappa shape index (κ1) is 9.98. The number of nitrogens with zero attached hydrogens (tertiary/aromatic N) is 1. The molecule has 1 aliphatic rings. The van der Waals surface area contributed by atoms with E-state index >= 15 is 0 Å². The zero-order chi connectivity index (χ0) is 9.84. The average molecular weight is 187 g/mol. The summed E-state index contributed by atoms with van der Waals surface area (Å²) in [6.07, 6.45) is 1.14. The van der Waals surface area contributed by atoms with Crippen molar-refractivity contribution >= 4 is 11.9 Å². The summed E-state index contributed by atoms with van der Waals surface area (Å²) >= 11 is 0. The van der Waals surface area contributed by atoms with E-state index in [9.17, 15) is 9.59 Å². The largest absolute Gasteiger partial charge is 0.480 e. The molecule has 0 spiro atoms. The molecule has 1 rings (SSSR count). The maximum Gasteiger partial charge on any atom is 0.323 e. The molecule has 0 aromatic carbocycles. The van der Waals surface area contributed by atoms with Gasteiger partial charge in [-0.15, -0.1) is 0 Å². The summed E-state index contributed by atoms with van der Waals surface area (Å²) in [5.41, 5.74) is 0. The molecule has 0 aromatic rings. The lowest BCUT2D eigenvalue weighted by molar-refractivity contribution is -0.147. The summed E-state index contributed by atoms with van der Waals surface area (Å²) in [6, 6.07) is 0. The molecule has 1 atom stereocenters. The van der Waals surface area contributed by atoms with Crippen molar-refractivity contribution < 1.29 is 19.4 Å². The molecule has 0 aliphatic carbocycles. The number of rotatable bonds is 3. The first-order valence-corrected chi connectivity index (χ1v) is 4.19. The molecule has 74 valence electrons. The van der Waals surface area contributed by atoms with Crippen LogP contribution in [-0.2, 0) is 14.3 Å². The fourth-order valence-electron chi connectivity index (χ4n) is 1.30. The summed E-state index contributed by atoms with van der Waals surface area (Å²) in [4.78, 5) is 22.9. The van der Waals surface area contributed by atoms with E-state index in [0.717, 1.165) is 6.42 Å². The third-order valence-corrected chi connectivity index (χ3v) is 1.95. The number of carboxylic acids is 1. The standard InChI is InChI=1S/C8H13NO4/c1-9(5-7(10)11)8(12)6-3-2-4-13-6/h6H,2-5H2,1H3,(H,10,11)/t6-/m0/s1. The lowest BCUT2D eigenvalue weighted by atomic mass is 10.2. The topological polar surface area (TPSA) is 66.8 Å². The predicted octanol–water partition coefficient (Wildman–Crippen LogP) is -0.292. The first-order chi connectivity index (χ1) is 6.11. The zero-order valence-electron chi connectivity index (χ0n) is 7.52. The summed E-state index contributed by atoms with van der Waals surface area (Å²) in [5.74, 6) is -1.24. The number of carboxylic acid groups (broad SMARTS) is 1. The molecule has 13 heavy (non-hydrogen) atoms. The monoisotopic (exact) mass is 187 g/mol. The second-order valence-corrected chi connectivity index (χ2v) is 3.09. The van der Waals surface area contributed by atoms with Crippen molar-refractivity contribution in [2.24, 2.45) is 0 Å². The van der Waals surface area contributed by atoms with Crippen LogP contribution >= 0.6 is 0 Å². The second-order valence-electron chi connectivity index (χ2n) is 3.09. The van der Waals surface area contributed by atoms with Gasteiger partial charge in [0.1, 0.15) is 12.6 Å². The van der Waals surface area contributed by atoms with E-state index in [1.165, 1.54) is 11.9 Å². The van der Waals surface area contributed by atoms with Gasteiger partial charge in [-0.25, -0.2) is 0 Å². The van der Waals surface area contributed by atoms with E-state index in [0.29, 0.717) is 13.0 Å². The van der Waals surface area contributed by atoms with Gasteiger partial charge >= 0.3 is 5.97 Å². The van der Waals surface area contributed by atoms with Gasteiger partial charge in [0, 0.05) is 13.7 Å². The number of aliphatic carboxylic acids is 1. The smallest absolute Gasteiger partial charge is 0.323 e. The summed E-state index contributed by atoms with van der Waals surface area (Å²) < 4.78 is 5.13. The van der Waals surface area contributed by atoms with E-state index in [1.54, 1.807) is 0 Å². The van der Waals surface area contributed by atoms with E-state index in [-0.39, 0.29) is 12.5 Å². The van der Waals surface area contributed by atoms with Crippen LogP contribution < -0.4 is 0 Å². The van der Waals surface area contributed by atoms with Gasteiger partial charge in [-0.3, -0.25) is 9.59 Å². The Kier molecular flexibility index (Phi) is 3.25. The van der Waals surface area contributed by atoms with Gasteiger partial charge in [0.25, 0.3) is 5.91 Å². The van der Waals surface area contributed by atoms with Crippen molar-refractivity contribution in [3.05, 3.63) is 0 Å². The number of ether oxygens (including phenoxy) is 1. The van der Waals surface area contributed by atoms with Crippen LogP contribution in [0.25, 0.3) is 0 Å². The molecule has 0 aromatic heterocycles. The van der Waals surface area contributed by atoms with Crippen molar-refractivity contribution in [1.82, 2.24) is 4.90 Å². The Morgan fingerprint density at radius 3 is 2.77 bits per heavy atom. The quantitative estimate of drug-likeness (QED) is 0.659. The summed E-state index contributed by atoms with van der Waals surface area (Å²) in [5, 5.41) is 8.44. The second kappa shape index (κ2) is 4.23. The minimum atomic E-state index is -1.01. The first-order valence-electron chi connectivity index (χ1n) is 4.19. The lowest BCUT2D eigenvalue weighted by Gasteiger charge is -2.18. The predicted molar refractivity (Wildman–Crippen MR) is 44.2 cm³/mol. The number of amides is 1. The highest BCUT2D eigenvalue weighted by molar-refractivity contribution is 5.84. The molecule has 1 amide bonds. The maximum atomic E-state index is 11.4. The van der Waals surface area contributed by atoms with Crippen LogP contribution in [0.5, 0.6) is 0 Å². The highest BCUT2D eigenvalue weighted by Crippen LogP contribution is 2.13. The molecule has 0 unspecified atom stereocenters. The number of carbonyl (C=O) groups excluding carboxylic acids is 1. The lowest BCUT2D eigenvalue weighted by Crippen LogP contribution is -2.39. The van der Waals surface area contributed by atoms with Crippen LogP contribution in [-0.4, -0.2) is 48.2 Å². The van der Waals surface area contributed by atoms with E-state index < -0.39 is 12.1 Å². The minimum absolute atomic E-state index is 0.236. The summed E-state index contributed by atoms with van der Waals surface area (Å²) in [7, 11) is 1.47. The van der Waals surface area contributed by atoms with Crippen LogP contribution in [0.2, 0.25) is 0 Å². The van der Waals surface area contributed by atoms with Gasteiger partial charge in [0.05, 0.1) is 0 Å². The van der Waals surface area contributed by atoms with Gasteiger partial charge in [0.15, 0.2) is 0 Å². The fraction of sp³-hybridized carbons (Fsp3) is 0.750. The molecule has 0 radical (unpaired) electrons. The fourth-order valence-corrected chi connectivity index (χ4v) is 1.30. The van der Waals surface area contributed by atoms with E-state index in [2.05, 4.69) is 0 Å². The van der Waals surface area contributed by atoms with Gasteiger partial charge in [-0.1, -0.05) is 0 Å². The van der Waals surface area contributed by atoms with Crippen LogP contribution in [0.3, 0.4) is 0 Å². The van der Waals surface area contributed by atoms with E-state index in [4.69, 9.17) is 9.84 Å². The Morgan fingerprint density at radius 2 is 2.31 bits per heavy atom. The van der Waals surface area contributed by atoms with Crippen LogP contribution in [0, 0.1) is 0 Å². The van der Waals surface area contributed by atoms with Crippen LogP contribution in [0.15, 0.2) is 0 Å². The van der Waals surface area contributed by atoms with Crippen molar-refractivity contribution in [1.29, 1.82) is 0 Å². The Bertz CT molecular complexity index is 210. The number of likely N-dealkylation sites (N-methyl/N-ethyl adjacent to an activating group) is 1.